The largest absolute Gasteiger partial charge is 0.352 e. The summed E-state index contributed by atoms with van der Waals surface area (Å²) in [5.74, 6) is -0.00495. The van der Waals surface area contributed by atoms with Crippen molar-refractivity contribution >= 4 is 25.6 Å². The Morgan fingerprint density at radius 2 is 1.95 bits per heavy atom. The van der Waals surface area contributed by atoms with Crippen molar-refractivity contribution < 1.29 is 13.2 Å². The lowest BCUT2D eigenvalue weighted by molar-refractivity contribution is 0.0937. The number of benzene rings is 1. The molecule has 1 rings (SSSR count). The summed E-state index contributed by atoms with van der Waals surface area (Å²) in [5.41, 5.74) is 0.377. The van der Waals surface area contributed by atoms with E-state index in [2.05, 4.69) is 33.0 Å². The van der Waals surface area contributed by atoms with Crippen LogP contribution in [0.15, 0.2) is 29.2 Å². The van der Waals surface area contributed by atoms with E-state index in [1.807, 2.05) is 0 Å². The molecular weight excluding hydrogens is 298 g/mol. The molecule has 0 aliphatic rings. The molecule has 0 aliphatic carbocycles. The molecule has 1 amide bonds. The van der Waals surface area contributed by atoms with Crippen LogP contribution < -0.4 is 5.32 Å². The minimum atomic E-state index is -3.82. The second kappa shape index (κ2) is 6.14. The summed E-state index contributed by atoms with van der Waals surface area (Å²) in [6.45, 7) is 8.89. The maximum atomic E-state index is 12.0. The summed E-state index contributed by atoms with van der Waals surface area (Å²) in [5, 5.41) is 2.81. The van der Waals surface area contributed by atoms with Crippen LogP contribution >= 0.6 is 10.7 Å². The minimum absolute atomic E-state index is 0.0734. The van der Waals surface area contributed by atoms with E-state index in [4.69, 9.17) is 10.7 Å². The summed E-state index contributed by atoms with van der Waals surface area (Å²) in [7, 11) is 1.44. The number of hydrogen-bond donors (Lipinski definition) is 1. The van der Waals surface area contributed by atoms with Crippen molar-refractivity contribution in [1.29, 1.82) is 0 Å². The topological polar surface area (TPSA) is 63.2 Å². The maximum Gasteiger partial charge on any atom is 0.261 e. The normalized spacial score (nSPS) is 13.8. The van der Waals surface area contributed by atoms with Crippen LogP contribution in [0.4, 0.5) is 0 Å². The Bertz CT molecular complexity index is 591. The Kier molecular flexibility index (Phi) is 5.21. The molecule has 1 aromatic carbocycles. The first kappa shape index (κ1) is 17.0. The lowest BCUT2D eigenvalue weighted by Gasteiger charge is -2.27. The predicted octanol–water partition coefficient (Wildman–Crippen LogP) is 3.03. The summed E-state index contributed by atoms with van der Waals surface area (Å²) in [6.07, 6.45) is 0. The predicted molar refractivity (Wildman–Crippen MR) is 80.4 cm³/mol. The van der Waals surface area contributed by atoms with Crippen molar-refractivity contribution in [3.63, 3.8) is 0 Å². The van der Waals surface area contributed by atoms with Crippen LogP contribution in [0.1, 0.15) is 38.1 Å². The van der Waals surface area contributed by atoms with E-state index in [1.54, 1.807) is 6.07 Å². The molecule has 6 heteroatoms. The van der Waals surface area contributed by atoms with Crippen LogP contribution in [0, 0.1) is 11.3 Å². The van der Waals surface area contributed by atoms with Crippen molar-refractivity contribution in [2.45, 2.75) is 32.6 Å². The van der Waals surface area contributed by atoms with Gasteiger partial charge in [0.1, 0.15) is 0 Å². The number of nitrogens with one attached hydrogen (secondary N) is 1. The second-order valence-corrected chi connectivity index (χ2v) is 8.51. The zero-order chi connectivity index (χ0) is 15.6. The van der Waals surface area contributed by atoms with Gasteiger partial charge in [-0.15, -0.1) is 0 Å². The van der Waals surface area contributed by atoms with E-state index >= 15 is 0 Å². The van der Waals surface area contributed by atoms with Gasteiger partial charge < -0.3 is 5.32 Å². The van der Waals surface area contributed by atoms with Gasteiger partial charge in [0.2, 0.25) is 0 Å². The first-order valence-electron chi connectivity index (χ1n) is 6.35. The molecule has 0 saturated heterocycles. The Balaban J connectivity index is 2.79. The average molecular weight is 318 g/mol. The lowest BCUT2D eigenvalue weighted by Crippen LogP contribution is -2.33. The van der Waals surface area contributed by atoms with Gasteiger partial charge in [0, 0.05) is 22.8 Å². The summed E-state index contributed by atoms with van der Waals surface area (Å²) < 4.78 is 22.5. The molecule has 0 fully saturated rings. The van der Waals surface area contributed by atoms with Crippen LogP contribution in [0.5, 0.6) is 0 Å². The summed E-state index contributed by atoms with van der Waals surface area (Å²) in [4.78, 5) is 11.9. The summed E-state index contributed by atoms with van der Waals surface area (Å²) in [6, 6.07) is 5.69. The quantitative estimate of drug-likeness (QED) is 0.868. The number of hydrogen-bond acceptors (Lipinski definition) is 3. The van der Waals surface area contributed by atoms with E-state index in [0.717, 1.165) is 0 Å². The zero-order valence-electron chi connectivity index (χ0n) is 12.1. The van der Waals surface area contributed by atoms with Gasteiger partial charge in [-0.2, -0.15) is 0 Å². The maximum absolute atomic E-state index is 12.0. The monoisotopic (exact) mass is 317 g/mol. The van der Waals surface area contributed by atoms with E-state index in [0.29, 0.717) is 12.5 Å². The molecule has 0 spiro atoms. The molecule has 112 valence electrons. The van der Waals surface area contributed by atoms with Gasteiger partial charge >= 0.3 is 0 Å². The second-order valence-electron chi connectivity index (χ2n) is 5.94. The molecule has 1 N–H and O–H groups in total. The highest BCUT2D eigenvalue weighted by Gasteiger charge is 2.21. The molecule has 0 radical (unpaired) electrons. The van der Waals surface area contributed by atoms with E-state index in [9.17, 15) is 13.2 Å². The highest BCUT2D eigenvalue weighted by molar-refractivity contribution is 8.13. The van der Waals surface area contributed by atoms with Crippen molar-refractivity contribution in [3.05, 3.63) is 29.8 Å². The molecule has 1 atom stereocenters. The highest BCUT2D eigenvalue weighted by atomic mass is 35.7. The third-order valence-corrected chi connectivity index (χ3v) is 4.78. The van der Waals surface area contributed by atoms with Gasteiger partial charge in [-0.1, -0.05) is 33.8 Å². The molecule has 0 aromatic heterocycles. The highest BCUT2D eigenvalue weighted by Crippen LogP contribution is 2.24. The molecule has 1 aromatic rings. The van der Waals surface area contributed by atoms with Gasteiger partial charge in [-0.3, -0.25) is 4.79 Å². The average Bonchev–Trinajstić information content (AvgIpc) is 2.33. The van der Waals surface area contributed by atoms with Crippen molar-refractivity contribution in [1.82, 2.24) is 5.32 Å². The SMILES string of the molecule is CC(CNC(=O)c1cccc(S(=O)(=O)Cl)c1)C(C)(C)C. The molecule has 0 aliphatic heterocycles. The molecule has 0 heterocycles. The first-order valence-corrected chi connectivity index (χ1v) is 8.65. The van der Waals surface area contributed by atoms with Gasteiger partial charge in [0.25, 0.3) is 15.0 Å². The Labute approximate surface area is 124 Å². The Morgan fingerprint density at radius 1 is 1.35 bits per heavy atom. The Hall–Kier alpha value is -1.07. The van der Waals surface area contributed by atoms with Gasteiger partial charge in [-0.05, 0) is 29.5 Å². The van der Waals surface area contributed by atoms with E-state index in [1.165, 1.54) is 18.2 Å². The molecule has 0 bridgehead atoms. The van der Waals surface area contributed by atoms with E-state index in [-0.39, 0.29) is 21.8 Å². The molecule has 20 heavy (non-hydrogen) atoms. The fourth-order valence-electron chi connectivity index (χ4n) is 1.44. The number of amides is 1. The van der Waals surface area contributed by atoms with Crippen LogP contribution in [0.2, 0.25) is 0 Å². The third kappa shape index (κ3) is 4.80. The van der Waals surface area contributed by atoms with Crippen LogP contribution in [0.3, 0.4) is 0 Å². The number of carbonyl (C=O) groups excluding carboxylic acids is 1. The molecule has 1 unspecified atom stereocenters. The van der Waals surface area contributed by atoms with Gasteiger partial charge in [-0.25, -0.2) is 8.42 Å². The first-order chi connectivity index (χ1) is 9.01. The Morgan fingerprint density at radius 3 is 2.45 bits per heavy atom. The van der Waals surface area contributed by atoms with Gasteiger partial charge in [0.05, 0.1) is 4.90 Å². The van der Waals surface area contributed by atoms with Crippen LogP contribution in [-0.2, 0) is 9.05 Å². The fraction of sp³-hybridized carbons (Fsp3) is 0.500. The van der Waals surface area contributed by atoms with E-state index < -0.39 is 9.05 Å². The smallest absolute Gasteiger partial charge is 0.261 e. The lowest BCUT2D eigenvalue weighted by atomic mass is 9.82. The number of rotatable bonds is 4. The standard InChI is InChI=1S/C14H20ClNO3S/c1-10(14(2,3)4)9-16-13(17)11-6-5-7-12(8-11)20(15,18)19/h5-8,10H,9H2,1-4H3,(H,16,17). The van der Waals surface area contributed by atoms with Crippen LogP contribution in [-0.4, -0.2) is 20.9 Å². The van der Waals surface area contributed by atoms with Crippen molar-refractivity contribution in [3.8, 4) is 0 Å². The summed E-state index contributed by atoms with van der Waals surface area (Å²) >= 11 is 0. The number of halogens is 1. The molecular formula is C14H20ClNO3S. The molecule has 0 saturated carbocycles. The van der Waals surface area contributed by atoms with Gasteiger partial charge in [0.15, 0.2) is 0 Å². The zero-order valence-corrected chi connectivity index (χ0v) is 13.7. The fourth-order valence-corrected chi connectivity index (χ4v) is 2.24. The molecule has 4 nitrogen and oxygen atoms in total. The minimum Gasteiger partial charge on any atom is -0.352 e. The van der Waals surface area contributed by atoms with Crippen molar-refractivity contribution in [2.24, 2.45) is 11.3 Å². The van der Waals surface area contributed by atoms with Crippen molar-refractivity contribution in [2.75, 3.05) is 6.54 Å². The van der Waals surface area contributed by atoms with Crippen LogP contribution in [0.25, 0.3) is 0 Å². The number of carbonyl (C=O) groups is 1. The third-order valence-electron chi connectivity index (χ3n) is 3.42.